The number of thioether (sulfide) groups is 1. The fourth-order valence-corrected chi connectivity index (χ4v) is 1.57. The lowest BCUT2D eigenvalue weighted by molar-refractivity contribution is -0.139. The van der Waals surface area contributed by atoms with E-state index in [1.165, 1.54) is 6.20 Å². The van der Waals surface area contributed by atoms with Crippen LogP contribution in [0.15, 0.2) is 20.7 Å². The number of aromatic amines is 2. The lowest BCUT2D eigenvalue weighted by atomic mass is 10.5. The van der Waals surface area contributed by atoms with Crippen molar-refractivity contribution < 1.29 is 9.53 Å². The first kappa shape index (κ1) is 16.5. The van der Waals surface area contributed by atoms with Crippen LogP contribution in [0.25, 0.3) is 0 Å². The van der Waals surface area contributed by atoms with Crippen molar-refractivity contribution >= 4 is 17.7 Å². The molecule has 1 aromatic rings. The number of aromatic nitrogens is 2. The molecule has 1 aromatic heterocycles. The van der Waals surface area contributed by atoms with E-state index >= 15 is 0 Å². The molecule has 0 radical (unpaired) electrons. The van der Waals surface area contributed by atoms with E-state index < -0.39 is 17.0 Å². The fraction of sp³-hybridized carbons (Fsp3) is 0.500. The van der Waals surface area contributed by atoms with E-state index in [2.05, 4.69) is 20.3 Å². The Hall–Kier alpha value is -1.54. The van der Waals surface area contributed by atoms with Crippen molar-refractivity contribution in [3.63, 3.8) is 0 Å². The zero-order valence-corrected chi connectivity index (χ0v) is 11.3. The van der Waals surface area contributed by atoms with Gasteiger partial charge in [-0.15, -0.1) is 11.8 Å². The lowest BCUT2D eigenvalue weighted by Crippen LogP contribution is -2.28. The van der Waals surface area contributed by atoms with Crippen molar-refractivity contribution in [2.75, 3.05) is 26.5 Å². The Morgan fingerprint density at radius 3 is 2.61 bits per heavy atom. The molecule has 0 saturated heterocycles. The summed E-state index contributed by atoms with van der Waals surface area (Å²) < 4.78 is 4.68. The number of nitrogens with one attached hydrogen (secondary N) is 3. The Morgan fingerprint density at radius 2 is 2.06 bits per heavy atom. The van der Waals surface area contributed by atoms with E-state index in [0.29, 0.717) is 6.61 Å². The average molecular weight is 275 g/mol. The molecule has 0 bridgehead atoms. The molecule has 0 atom stereocenters. The first-order chi connectivity index (χ1) is 8.56. The second-order valence-electron chi connectivity index (χ2n) is 3.03. The summed E-state index contributed by atoms with van der Waals surface area (Å²) in [6.45, 7) is 1.99. The van der Waals surface area contributed by atoms with E-state index in [0.717, 1.165) is 11.8 Å². The summed E-state index contributed by atoms with van der Waals surface area (Å²) in [5.74, 6) is -0.400. The molecule has 102 valence electrons. The molecule has 0 aliphatic rings. The van der Waals surface area contributed by atoms with Crippen LogP contribution in [-0.2, 0) is 9.53 Å². The first-order valence-electron chi connectivity index (χ1n) is 5.24. The van der Waals surface area contributed by atoms with Gasteiger partial charge in [-0.3, -0.25) is 19.5 Å². The fourth-order valence-electron chi connectivity index (χ4n) is 0.848. The number of ether oxygens (including phenoxy) is 1. The number of esters is 1. The molecule has 0 spiro atoms. The minimum atomic E-state index is -0.733. The lowest BCUT2D eigenvalue weighted by Gasteiger charge is -2.00. The van der Waals surface area contributed by atoms with E-state index in [1.807, 2.05) is 14.1 Å². The van der Waals surface area contributed by atoms with Gasteiger partial charge in [0.1, 0.15) is 0 Å². The van der Waals surface area contributed by atoms with Crippen molar-refractivity contribution in [1.29, 1.82) is 0 Å². The quantitative estimate of drug-likeness (QED) is 0.391. The Balaban J connectivity index is 0.000000873. The molecule has 1 heterocycles. The molecule has 0 aromatic carbocycles. The van der Waals surface area contributed by atoms with Gasteiger partial charge in [0, 0.05) is 6.20 Å². The normalized spacial score (nSPS) is 9.28. The second kappa shape index (κ2) is 9.49. The maximum Gasteiger partial charge on any atom is 0.316 e. The topological polar surface area (TPSA) is 104 Å². The number of carbonyl (C=O) groups is 1. The van der Waals surface area contributed by atoms with Crippen LogP contribution in [0.3, 0.4) is 0 Å². The van der Waals surface area contributed by atoms with Gasteiger partial charge in [0.05, 0.1) is 17.3 Å². The largest absolute Gasteiger partial charge is 0.465 e. The van der Waals surface area contributed by atoms with E-state index in [-0.39, 0.29) is 10.6 Å². The van der Waals surface area contributed by atoms with Gasteiger partial charge < -0.3 is 15.2 Å². The van der Waals surface area contributed by atoms with Crippen LogP contribution in [0, 0.1) is 0 Å². The van der Waals surface area contributed by atoms with Crippen LogP contribution in [0.1, 0.15) is 6.92 Å². The van der Waals surface area contributed by atoms with Gasteiger partial charge in [0.2, 0.25) is 0 Å². The second-order valence-corrected chi connectivity index (χ2v) is 4.05. The highest BCUT2D eigenvalue weighted by Crippen LogP contribution is 2.10. The van der Waals surface area contributed by atoms with Crippen molar-refractivity contribution in [3.8, 4) is 0 Å². The van der Waals surface area contributed by atoms with Crippen LogP contribution >= 0.6 is 11.8 Å². The summed E-state index contributed by atoms with van der Waals surface area (Å²) in [4.78, 5) is 33.3. The van der Waals surface area contributed by atoms with Gasteiger partial charge in [0.25, 0.3) is 5.43 Å². The third-order valence-corrected chi connectivity index (χ3v) is 2.46. The Kier molecular flexibility index (Phi) is 8.67. The van der Waals surface area contributed by atoms with Gasteiger partial charge in [0.15, 0.2) is 0 Å². The highest BCUT2D eigenvalue weighted by molar-refractivity contribution is 8.00. The summed E-state index contributed by atoms with van der Waals surface area (Å²) in [6.07, 6.45) is 1.34. The molecule has 1 rings (SSSR count). The molecule has 8 heteroatoms. The molecular formula is C10H17N3O4S. The summed E-state index contributed by atoms with van der Waals surface area (Å²) in [6, 6.07) is 0. The average Bonchev–Trinajstić information content (AvgIpc) is 2.32. The maximum atomic E-state index is 11.2. The Labute approximate surface area is 108 Å². The molecule has 0 unspecified atom stereocenters. The minimum absolute atomic E-state index is 0.0143. The molecule has 0 fully saturated rings. The van der Waals surface area contributed by atoms with Gasteiger partial charge in [-0.05, 0) is 21.0 Å². The van der Waals surface area contributed by atoms with Gasteiger partial charge in [-0.1, -0.05) is 0 Å². The van der Waals surface area contributed by atoms with Crippen LogP contribution in [-0.4, -0.2) is 42.6 Å². The number of hydrogen-bond donors (Lipinski definition) is 3. The number of hydrogen-bond acceptors (Lipinski definition) is 6. The standard InChI is InChI=1S/C8H10N2O4S.C2H7N/c1-2-14-6(11)4-15-5-3-9-10-8(13)7(5)12;1-3-2/h3H,2,4H2,1H3,(H,9,12)(H,10,13);3H,1-2H3. The van der Waals surface area contributed by atoms with Gasteiger partial charge >= 0.3 is 11.5 Å². The smallest absolute Gasteiger partial charge is 0.316 e. The van der Waals surface area contributed by atoms with Gasteiger partial charge in [-0.2, -0.15) is 0 Å². The third kappa shape index (κ3) is 6.26. The molecule has 0 aliphatic carbocycles. The monoisotopic (exact) mass is 275 g/mol. The summed E-state index contributed by atoms with van der Waals surface area (Å²) in [7, 11) is 3.75. The van der Waals surface area contributed by atoms with E-state index in [9.17, 15) is 14.4 Å². The highest BCUT2D eigenvalue weighted by atomic mass is 32.2. The van der Waals surface area contributed by atoms with Crippen LogP contribution in [0.2, 0.25) is 0 Å². The SMILES string of the molecule is CCOC(=O)CSc1c[nH][nH]c(=O)c1=O.CNC. The summed E-state index contributed by atoms with van der Waals surface area (Å²) in [5.41, 5.74) is -1.38. The Bertz CT molecular complexity index is 469. The zero-order chi connectivity index (χ0) is 14.0. The van der Waals surface area contributed by atoms with E-state index in [1.54, 1.807) is 6.92 Å². The highest BCUT2D eigenvalue weighted by Gasteiger charge is 2.07. The van der Waals surface area contributed by atoms with E-state index in [4.69, 9.17) is 0 Å². The van der Waals surface area contributed by atoms with Crippen LogP contribution < -0.4 is 16.3 Å². The van der Waals surface area contributed by atoms with Crippen molar-refractivity contribution in [2.45, 2.75) is 11.8 Å². The van der Waals surface area contributed by atoms with Crippen molar-refractivity contribution in [1.82, 2.24) is 15.5 Å². The molecule has 18 heavy (non-hydrogen) atoms. The minimum Gasteiger partial charge on any atom is -0.465 e. The predicted octanol–water partition coefficient (Wildman–Crippen LogP) is -0.446. The number of carbonyl (C=O) groups excluding carboxylic acids is 1. The number of H-pyrrole nitrogens is 2. The van der Waals surface area contributed by atoms with Crippen molar-refractivity contribution in [3.05, 3.63) is 26.8 Å². The molecule has 7 nitrogen and oxygen atoms in total. The number of rotatable bonds is 4. The first-order valence-corrected chi connectivity index (χ1v) is 6.22. The molecular weight excluding hydrogens is 258 g/mol. The zero-order valence-electron chi connectivity index (χ0n) is 10.5. The van der Waals surface area contributed by atoms with Crippen LogP contribution in [0.4, 0.5) is 0 Å². The maximum absolute atomic E-state index is 11.2. The van der Waals surface area contributed by atoms with Crippen molar-refractivity contribution in [2.24, 2.45) is 0 Å². The Morgan fingerprint density at radius 1 is 1.44 bits per heavy atom. The van der Waals surface area contributed by atoms with Gasteiger partial charge in [-0.25, -0.2) is 0 Å². The molecule has 0 aliphatic heterocycles. The third-order valence-electron chi connectivity index (χ3n) is 1.47. The molecule has 0 amide bonds. The summed E-state index contributed by atoms with van der Waals surface area (Å²) in [5, 5.41) is 7.30. The predicted molar refractivity (Wildman–Crippen MR) is 70.0 cm³/mol. The molecule has 0 saturated carbocycles. The molecule has 3 N–H and O–H groups in total. The summed E-state index contributed by atoms with van der Waals surface area (Å²) >= 11 is 0.971. The van der Waals surface area contributed by atoms with Crippen LogP contribution in [0.5, 0.6) is 0 Å².